The first-order valence-electron chi connectivity index (χ1n) is 5.54. The third kappa shape index (κ3) is 3.45. The lowest BCUT2D eigenvalue weighted by molar-refractivity contribution is -0.132. The van der Waals surface area contributed by atoms with E-state index in [-0.39, 0.29) is 18.1 Å². The van der Waals surface area contributed by atoms with Gasteiger partial charge in [0, 0.05) is 18.0 Å². The average molecular weight is 278 g/mol. The zero-order valence-electron chi connectivity index (χ0n) is 9.63. The second-order valence-corrected chi connectivity index (χ2v) is 5.22. The highest BCUT2D eigenvalue weighted by Crippen LogP contribution is 2.20. The molecule has 88 valence electrons. The van der Waals surface area contributed by atoms with Gasteiger partial charge in [-0.1, -0.05) is 36.7 Å². The van der Waals surface area contributed by atoms with E-state index in [2.05, 4.69) is 42.0 Å². The number of nitrogens with one attached hydrogen (secondary N) is 1. The van der Waals surface area contributed by atoms with Gasteiger partial charge in [-0.15, -0.1) is 0 Å². The second-order valence-electron chi connectivity index (χ2n) is 4.57. The Hall–Kier alpha value is -0.0900. The Bertz CT molecular complexity index is 221. The molecule has 3 atom stereocenters. The molecule has 1 saturated heterocycles. The van der Waals surface area contributed by atoms with Crippen molar-refractivity contribution in [3.05, 3.63) is 0 Å². The zero-order chi connectivity index (χ0) is 11.4. The van der Waals surface area contributed by atoms with Gasteiger partial charge in [0.1, 0.15) is 6.10 Å². The average Bonchev–Trinajstić information content (AvgIpc) is 2.60. The molecule has 0 aliphatic carbocycles. The van der Waals surface area contributed by atoms with Crippen molar-refractivity contribution in [2.24, 2.45) is 11.8 Å². The van der Waals surface area contributed by atoms with Crippen molar-refractivity contribution in [2.75, 3.05) is 11.9 Å². The van der Waals surface area contributed by atoms with Gasteiger partial charge in [0.05, 0.1) is 0 Å². The van der Waals surface area contributed by atoms with E-state index in [0.29, 0.717) is 18.4 Å². The highest BCUT2D eigenvalue weighted by molar-refractivity contribution is 9.09. The van der Waals surface area contributed by atoms with Crippen LogP contribution in [0.25, 0.3) is 0 Å². The molecule has 1 aliphatic rings. The Labute approximate surface area is 100 Å². The summed E-state index contributed by atoms with van der Waals surface area (Å²) in [5, 5.41) is 3.82. The predicted octanol–water partition coefficient (Wildman–Crippen LogP) is 1.95. The largest absolute Gasteiger partial charge is 0.368 e. The molecule has 1 heterocycles. The molecule has 0 aromatic rings. The molecule has 0 saturated carbocycles. The molecule has 3 nitrogen and oxygen atoms in total. The first-order valence-corrected chi connectivity index (χ1v) is 6.66. The maximum absolute atomic E-state index is 11.9. The van der Waals surface area contributed by atoms with Crippen LogP contribution in [-0.2, 0) is 9.53 Å². The summed E-state index contributed by atoms with van der Waals surface area (Å²) in [4.78, 5) is 11.9. The second kappa shape index (κ2) is 5.85. The molecule has 15 heavy (non-hydrogen) atoms. The summed E-state index contributed by atoms with van der Waals surface area (Å²) in [5.41, 5.74) is 0. The molecule has 0 spiro atoms. The van der Waals surface area contributed by atoms with Crippen LogP contribution in [0.3, 0.4) is 0 Å². The Morgan fingerprint density at radius 3 is 2.67 bits per heavy atom. The van der Waals surface area contributed by atoms with Gasteiger partial charge in [-0.05, 0) is 18.3 Å². The molecule has 1 N–H and O–H groups in total. The fourth-order valence-corrected chi connectivity index (χ4v) is 2.59. The molecule has 0 aromatic heterocycles. The molecule has 1 fully saturated rings. The number of halogens is 1. The molecule has 0 bridgehead atoms. The number of ether oxygens (including phenoxy) is 1. The lowest BCUT2D eigenvalue weighted by Crippen LogP contribution is -2.46. The van der Waals surface area contributed by atoms with Crippen LogP contribution in [-0.4, -0.2) is 30.0 Å². The summed E-state index contributed by atoms with van der Waals surface area (Å²) in [7, 11) is 0. The van der Waals surface area contributed by atoms with E-state index in [0.717, 1.165) is 11.8 Å². The molecule has 0 radical (unpaired) electrons. The van der Waals surface area contributed by atoms with E-state index in [1.54, 1.807) is 0 Å². The summed E-state index contributed by atoms with van der Waals surface area (Å²) in [6.45, 7) is 6.98. The Morgan fingerprint density at radius 2 is 2.27 bits per heavy atom. The van der Waals surface area contributed by atoms with Crippen LogP contribution in [0.15, 0.2) is 0 Å². The van der Waals surface area contributed by atoms with Gasteiger partial charge in [0.25, 0.3) is 0 Å². The van der Waals surface area contributed by atoms with Gasteiger partial charge in [0.15, 0.2) is 0 Å². The van der Waals surface area contributed by atoms with Gasteiger partial charge >= 0.3 is 0 Å². The van der Waals surface area contributed by atoms with Crippen molar-refractivity contribution in [3.8, 4) is 0 Å². The lowest BCUT2D eigenvalue weighted by atomic mass is 10.0. The summed E-state index contributed by atoms with van der Waals surface area (Å²) < 4.78 is 5.42. The normalized spacial score (nSPS) is 28.1. The predicted molar refractivity (Wildman–Crippen MR) is 64.1 cm³/mol. The van der Waals surface area contributed by atoms with E-state index >= 15 is 0 Å². The van der Waals surface area contributed by atoms with Crippen molar-refractivity contribution in [1.29, 1.82) is 0 Å². The Morgan fingerprint density at radius 1 is 1.60 bits per heavy atom. The van der Waals surface area contributed by atoms with E-state index in [1.165, 1.54) is 0 Å². The van der Waals surface area contributed by atoms with Gasteiger partial charge in [0.2, 0.25) is 5.91 Å². The molecule has 1 rings (SSSR count). The molecule has 4 heteroatoms. The third-order valence-corrected chi connectivity index (χ3v) is 3.64. The minimum atomic E-state index is -0.245. The Balaban J connectivity index is 2.46. The number of alkyl halides is 1. The van der Waals surface area contributed by atoms with Gasteiger partial charge in [-0.3, -0.25) is 4.79 Å². The minimum absolute atomic E-state index is 0.0400. The summed E-state index contributed by atoms with van der Waals surface area (Å²) in [5.74, 6) is 0.816. The summed E-state index contributed by atoms with van der Waals surface area (Å²) in [6.07, 6.45) is 0.740. The van der Waals surface area contributed by atoms with Gasteiger partial charge < -0.3 is 10.1 Å². The lowest BCUT2D eigenvalue weighted by Gasteiger charge is -2.23. The quantitative estimate of drug-likeness (QED) is 0.798. The first-order chi connectivity index (χ1) is 7.06. The van der Waals surface area contributed by atoms with Crippen LogP contribution in [0.5, 0.6) is 0 Å². The molecular formula is C11H20BrNO2. The highest BCUT2D eigenvalue weighted by atomic mass is 79.9. The van der Waals surface area contributed by atoms with Crippen molar-refractivity contribution in [1.82, 2.24) is 5.32 Å². The van der Waals surface area contributed by atoms with Crippen molar-refractivity contribution in [3.63, 3.8) is 0 Å². The maximum Gasteiger partial charge on any atom is 0.249 e. The van der Waals surface area contributed by atoms with Crippen LogP contribution in [0.4, 0.5) is 0 Å². The highest BCUT2D eigenvalue weighted by Gasteiger charge is 2.32. The number of amides is 1. The minimum Gasteiger partial charge on any atom is -0.368 e. The van der Waals surface area contributed by atoms with Crippen LogP contribution in [0.1, 0.15) is 27.2 Å². The molecule has 1 amide bonds. The van der Waals surface area contributed by atoms with Crippen LogP contribution >= 0.6 is 15.9 Å². The smallest absolute Gasteiger partial charge is 0.249 e. The van der Waals surface area contributed by atoms with E-state index in [1.807, 2.05) is 0 Å². The maximum atomic E-state index is 11.9. The van der Waals surface area contributed by atoms with Crippen molar-refractivity contribution in [2.45, 2.75) is 39.3 Å². The monoisotopic (exact) mass is 277 g/mol. The number of hydrogen-bond donors (Lipinski definition) is 1. The molecule has 1 aliphatic heterocycles. The number of carbonyl (C=O) groups is 1. The molecule has 3 unspecified atom stereocenters. The first kappa shape index (κ1) is 13.0. The number of carbonyl (C=O) groups excluding carboxylic acids is 1. The molecule has 0 aromatic carbocycles. The fourth-order valence-electron chi connectivity index (χ4n) is 1.68. The van der Waals surface area contributed by atoms with Crippen molar-refractivity contribution >= 4 is 21.8 Å². The summed E-state index contributed by atoms with van der Waals surface area (Å²) >= 11 is 3.41. The zero-order valence-corrected chi connectivity index (χ0v) is 11.2. The number of hydrogen-bond acceptors (Lipinski definition) is 2. The third-order valence-electron chi connectivity index (χ3n) is 2.94. The van der Waals surface area contributed by atoms with E-state index in [9.17, 15) is 4.79 Å². The molecular weight excluding hydrogens is 258 g/mol. The van der Waals surface area contributed by atoms with E-state index < -0.39 is 0 Å². The van der Waals surface area contributed by atoms with Gasteiger partial charge in [-0.2, -0.15) is 0 Å². The van der Waals surface area contributed by atoms with Crippen molar-refractivity contribution < 1.29 is 9.53 Å². The fraction of sp³-hybridized carbons (Fsp3) is 0.909. The van der Waals surface area contributed by atoms with Crippen LogP contribution in [0, 0.1) is 11.8 Å². The van der Waals surface area contributed by atoms with Crippen LogP contribution in [0.2, 0.25) is 0 Å². The topological polar surface area (TPSA) is 38.3 Å². The van der Waals surface area contributed by atoms with Gasteiger partial charge in [-0.25, -0.2) is 0 Å². The van der Waals surface area contributed by atoms with Crippen LogP contribution < -0.4 is 5.32 Å². The van der Waals surface area contributed by atoms with E-state index in [4.69, 9.17) is 4.74 Å². The Kier molecular flexibility index (Phi) is 5.06. The summed E-state index contributed by atoms with van der Waals surface area (Å²) in [6, 6.07) is 0.189. The number of rotatable bonds is 4. The SMILES string of the molecule is CC(C)C(CBr)NC(=O)C1OCCC1C. The standard InChI is InChI=1S/C11H20BrNO2/c1-7(2)9(6-12)13-11(14)10-8(3)4-5-15-10/h7-10H,4-6H2,1-3H3,(H,13,14).